The minimum atomic E-state index is -0.360. The van der Waals surface area contributed by atoms with Gasteiger partial charge in [0.25, 0.3) is 11.8 Å². The van der Waals surface area contributed by atoms with E-state index in [-0.39, 0.29) is 11.8 Å². The minimum Gasteiger partial charge on any atom is -0.491 e. The van der Waals surface area contributed by atoms with Crippen LogP contribution in [0.3, 0.4) is 0 Å². The van der Waals surface area contributed by atoms with Crippen LogP contribution in [-0.2, 0) is 4.74 Å². The molecule has 0 unspecified atom stereocenters. The van der Waals surface area contributed by atoms with E-state index in [2.05, 4.69) is 20.5 Å². The zero-order valence-electron chi connectivity index (χ0n) is 22.4. The molecule has 0 spiro atoms. The summed E-state index contributed by atoms with van der Waals surface area (Å²) in [6, 6.07) is 21.7. The molecule has 4 aromatic carbocycles. The summed E-state index contributed by atoms with van der Waals surface area (Å²) < 4.78 is 12.3. The van der Waals surface area contributed by atoms with E-state index in [1.807, 2.05) is 36.4 Å². The number of carbonyl (C=O) groups is 2. The molecule has 0 bridgehead atoms. The maximum atomic E-state index is 13.5. The number of morpholine rings is 1. The van der Waals surface area contributed by atoms with Gasteiger partial charge in [0.2, 0.25) is 0 Å². The summed E-state index contributed by atoms with van der Waals surface area (Å²) in [6.45, 7) is 4.35. The molecule has 6 rings (SSSR count). The highest BCUT2D eigenvalue weighted by molar-refractivity contribution is 7.22. The van der Waals surface area contributed by atoms with E-state index < -0.39 is 0 Å². The minimum absolute atomic E-state index is 0.326. The lowest BCUT2D eigenvalue weighted by molar-refractivity contribution is 0.0322. The molecule has 1 aromatic heterocycles. The smallest absolute Gasteiger partial charge is 0.261 e. The number of para-hydroxylation sites is 1. The third-order valence-corrected chi connectivity index (χ3v) is 8.50. The number of halogens is 2. The largest absolute Gasteiger partial charge is 0.491 e. The summed E-state index contributed by atoms with van der Waals surface area (Å²) in [5, 5.41) is 8.71. The van der Waals surface area contributed by atoms with Gasteiger partial charge in [-0.05, 0) is 53.2 Å². The van der Waals surface area contributed by atoms with Crippen molar-refractivity contribution in [3.63, 3.8) is 0 Å². The number of hydrogen-bond donors (Lipinski definition) is 2. The molecule has 1 fully saturated rings. The SMILES string of the molecule is O=C(Nc1c(Cl)cccc1Cl)c1ccc2nc(NC(=O)c3cc4ccccc4cc3OCCN3CCOCC3)sc2c1. The second-order valence-corrected chi connectivity index (χ2v) is 11.5. The van der Waals surface area contributed by atoms with E-state index in [1.54, 1.807) is 36.4 Å². The molecule has 2 heterocycles. The highest BCUT2D eigenvalue weighted by Crippen LogP contribution is 2.32. The summed E-state index contributed by atoms with van der Waals surface area (Å²) in [4.78, 5) is 33.3. The van der Waals surface area contributed by atoms with Crippen molar-refractivity contribution >= 4 is 78.2 Å². The molecule has 0 saturated carbocycles. The predicted octanol–water partition coefficient (Wildman–Crippen LogP) is 6.97. The summed E-state index contributed by atoms with van der Waals surface area (Å²) in [7, 11) is 0. The average molecular weight is 622 g/mol. The van der Waals surface area contributed by atoms with E-state index >= 15 is 0 Å². The number of nitrogens with zero attached hydrogens (tertiary/aromatic N) is 2. The van der Waals surface area contributed by atoms with Crippen molar-refractivity contribution in [2.45, 2.75) is 0 Å². The second kappa shape index (κ2) is 12.6. The van der Waals surface area contributed by atoms with Crippen LogP contribution in [0, 0.1) is 0 Å². The van der Waals surface area contributed by atoms with Crippen LogP contribution in [0.25, 0.3) is 21.0 Å². The quantitative estimate of drug-likeness (QED) is 0.195. The molecule has 0 aliphatic carbocycles. The number of benzene rings is 4. The highest BCUT2D eigenvalue weighted by Gasteiger charge is 2.19. The standard InChI is InChI=1S/C31H26Cl2N4O4S/c32-23-6-3-7-24(33)28(23)35-29(38)21-8-9-25-27(18-21)42-31(34-25)36-30(39)22-16-19-4-1-2-5-20(19)17-26(22)41-15-12-37-10-13-40-14-11-37/h1-9,16-18H,10-15H2,(H,35,38)(H,34,36,39). The number of aromatic nitrogens is 1. The Bertz CT molecular complexity index is 1770. The van der Waals surface area contributed by atoms with Gasteiger partial charge in [-0.2, -0.15) is 0 Å². The molecule has 214 valence electrons. The number of hydrogen-bond acceptors (Lipinski definition) is 7. The van der Waals surface area contributed by atoms with Crippen molar-refractivity contribution in [2.24, 2.45) is 0 Å². The van der Waals surface area contributed by atoms with E-state index in [0.29, 0.717) is 63.1 Å². The number of amides is 2. The van der Waals surface area contributed by atoms with E-state index in [9.17, 15) is 9.59 Å². The fourth-order valence-electron chi connectivity index (χ4n) is 4.71. The van der Waals surface area contributed by atoms with Gasteiger partial charge in [-0.3, -0.25) is 19.8 Å². The Labute approximate surface area is 256 Å². The lowest BCUT2D eigenvalue weighted by Gasteiger charge is -2.26. The topological polar surface area (TPSA) is 92.8 Å². The lowest BCUT2D eigenvalue weighted by Crippen LogP contribution is -2.38. The molecule has 11 heteroatoms. The van der Waals surface area contributed by atoms with Gasteiger partial charge in [0.15, 0.2) is 5.13 Å². The Morgan fingerprint density at radius 3 is 2.40 bits per heavy atom. The fourth-order valence-corrected chi connectivity index (χ4v) is 6.10. The first-order valence-electron chi connectivity index (χ1n) is 13.4. The number of nitrogens with one attached hydrogen (secondary N) is 2. The summed E-state index contributed by atoms with van der Waals surface area (Å²) >= 11 is 13.7. The van der Waals surface area contributed by atoms with Crippen LogP contribution < -0.4 is 15.4 Å². The number of thiazole rings is 1. The van der Waals surface area contributed by atoms with Gasteiger partial charge in [-0.1, -0.05) is 64.9 Å². The molecule has 2 amide bonds. The molecule has 2 N–H and O–H groups in total. The summed E-state index contributed by atoms with van der Waals surface area (Å²) in [5.74, 6) is -0.175. The summed E-state index contributed by atoms with van der Waals surface area (Å²) in [6.07, 6.45) is 0. The number of rotatable bonds is 8. The molecular formula is C31H26Cl2N4O4S. The van der Waals surface area contributed by atoms with Crippen molar-refractivity contribution < 1.29 is 19.1 Å². The maximum absolute atomic E-state index is 13.5. The number of anilines is 2. The van der Waals surface area contributed by atoms with Gasteiger partial charge >= 0.3 is 0 Å². The molecule has 1 saturated heterocycles. The Hall–Kier alpha value is -3.73. The third-order valence-electron chi connectivity index (χ3n) is 6.93. The normalized spacial score (nSPS) is 13.8. The van der Waals surface area contributed by atoms with Crippen LogP contribution >= 0.6 is 34.5 Å². The van der Waals surface area contributed by atoms with Gasteiger partial charge in [0.1, 0.15) is 12.4 Å². The first-order chi connectivity index (χ1) is 20.4. The first kappa shape index (κ1) is 28.4. The molecular weight excluding hydrogens is 595 g/mol. The van der Waals surface area contributed by atoms with Crippen LogP contribution in [0.2, 0.25) is 10.0 Å². The van der Waals surface area contributed by atoms with Crippen molar-refractivity contribution in [3.05, 3.63) is 94.0 Å². The Balaban J connectivity index is 1.20. The van der Waals surface area contributed by atoms with E-state index in [0.717, 1.165) is 35.1 Å². The van der Waals surface area contributed by atoms with Gasteiger partial charge < -0.3 is 14.8 Å². The van der Waals surface area contributed by atoms with Crippen molar-refractivity contribution in [1.29, 1.82) is 0 Å². The molecule has 1 aliphatic rings. The monoisotopic (exact) mass is 620 g/mol. The number of fused-ring (bicyclic) bond motifs is 2. The molecule has 5 aromatic rings. The molecule has 8 nitrogen and oxygen atoms in total. The van der Waals surface area contributed by atoms with Crippen molar-refractivity contribution in [1.82, 2.24) is 9.88 Å². The van der Waals surface area contributed by atoms with Crippen LogP contribution in [-0.4, -0.2) is 61.2 Å². The molecule has 1 aliphatic heterocycles. The molecule has 0 atom stereocenters. The van der Waals surface area contributed by atoms with E-state index in [4.69, 9.17) is 32.7 Å². The van der Waals surface area contributed by atoms with Gasteiger partial charge in [-0.15, -0.1) is 0 Å². The van der Waals surface area contributed by atoms with Crippen LogP contribution in [0.5, 0.6) is 5.75 Å². The van der Waals surface area contributed by atoms with Crippen LogP contribution in [0.15, 0.2) is 72.8 Å². The van der Waals surface area contributed by atoms with Crippen molar-refractivity contribution in [3.8, 4) is 5.75 Å². The van der Waals surface area contributed by atoms with Gasteiger partial charge in [0.05, 0.1) is 44.7 Å². The summed E-state index contributed by atoms with van der Waals surface area (Å²) in [5.41, 5.74) is 1.83. The number of carbonyl (C=O) groups excluding carboxylic acids is 2. The zero-order chi connectivity index (χ0) is 29.1. The van der Waals surface area contributed by atoms with Crippen LogP contribution in [0.4, 0.5) is 10.8 Å². The van der Waals surface area contributed by atoms with Crippen LogP contribution in [0.1, 0.15) is 20.7 Å². The second-order valence-electron chi connectivity index (χ2n) is 9.70. The highest BCUT2D eigenvalue weighted by atomic mass is 35.5. The zero-order valence-corrected chi connectivity index (χ0v) is 24.7. The predicted molar refractivity (Wildman–Crippen MR) is 169 cm³/mol. The molecule has 42 heavy (non-hydrogen) atoms. The molecule has 0 radical (unpaired) electrons. The number of ether oxygens (including phenoxy) is 2. The van der Waals surface area contributed by atoms with E-state index in [1.165, 1.54) is 11.3 Å². The first-order valence-corrected chi connectivity index (χ1v) is 14.9. The maximum Gasteiger partial charge on any atom is 0.261 e. The Kier molecular flexibility index (Phi) is 8.55. The average Bonchev–Trinajstić information content (AvgIpc) is 3.40. The van der Waals surface area contributed by atoms with Gasteiger partial charge in [0, 0.05) is 25.2 Å². The Morgan fingerprint density at radius 2 is 1.64 bits per heavy atom. The van der Waals surface area contributed by atoms with Crippen molar-refractivity contribution in [2.75, 3.05) is 50.1 Å². The Morgan fingerprint density at radius 1 is 0.905 bits per heavy atom. The fraction of sp³-hybridized carbons (Fsp3) is 0.194. The third kappa shape index (κ3) is 6.35. The van der Waals surface area contributed by atoms with Gasteiger partial charge in [-0.25, -0.2) is 4.98 Å². The lowest BCUT2D eigenvalue weighted by atomic mass is 10.1.